The van der Waals surface area contributed by atoms with E-state index >= 15 is 0 Å². The van der Waals surface area contributed by atoms with Gasteiger partial charge >= 0.3 is 5.97 Å². The van der Waals surface area contributed by atoms with E-state index in [0.717, 1.165) is 7.11 Å². The maximum absolute atomic E-state index is 10.8. The Bertz CT molecular complexity index is 224. The van der Waals surface area contributed by atoms with Crippen LogP contribution in [0.3, 0.4) is 0 Å². The third-order valence-electron chi connectivity index (χ3n) is 1.29. The molecule has 0 aromatic heterocycles. The molecule has 0 atom stereocenters. The molecular formula is C7H13NO4S2. The molecule has 0 amide bonds. The van der Waals surface area contributed by atoms with Gasteiger partial charge in [0.15, 0.2) is 0 Å². The summed E-state index contributed by atoms with van der Waals surface area (Å²) in [6, 6.07) is 0. The van der Waals surface area contributed by atoms with Crippen molar-refractivity contribution in [1.82, 2.24) is 0 Å². The van der Waals surface area contributed by atoms with E-state index in [2.05, 4.69) is 9.73 Å². The highest BCUT2D eigenvalue weighted by Gasteiger charge is 2.34. The summed E-state index contributed by atoms with van der Waals surface area (Å²) in [5.74, 6) is -3.64. The van der Waals surface area contributed by atoms with Crippen LogP contribution in [0.5, 0.6) is 0 Å². The first-order valence-electron chi connectivity index (χ1n) is 3.63. The Balaban J connectivity index is 4.36. The van der Waals surface area contributed by atoms with Gasteiger partial charge < -0.3 is 14.9 Å². The number of carbonyl (C=O) groups is 1. The van der Waals surface area contributed by atoms with Gasteiger partial charge in [-0.3, -0.25) is 4.99 Å². The maximum atomic E-state index is 10.8. The number of rotatable bonds is 3. The Hall–Kier alpha value is -0.240. The average molecular weight is 239 g/mol. The Morgan fingerprint density at radius 3 is 2.29 bits per heavy atom. The predicted molar refractivity (Wildman–Crippen MR) is 58.5 cm³/mol. The smallest absolute Gasteiger partial charge is 0.368 e. The summed E-state index contributed by atoms with van der Waals surface area (Å²) in [6.45, 7) is -0.420. The minimum atomic E-state index is -2.54. The molecule has 0 heterocycles. The third kappa shape index (κ3) is 4.32. The molecule has 0 fully saturated rings. The standard InChI is InChI=1S/C7H13NO4S2/c1-12-5(9)7(10,11)4-8-6(13-2)14-3/h10-11H,4H2,1-3H3. The van der Waals surface area contributed by atoms with Crippen molar-refractivity contribution in [3.05, 3.63) is 0 Å². The zero-order valence-corrected chi connectivity index (χ0v) is 9.81. The van der Waals surface area contributed by atoms with Gasteiger partial charge in [-0.25, -0.2) is 4.79 Å². The van der Waals surface area contributed by atoms with E-state index in [0.29, 0.717) is 4.38 Å². The molecule has 0 saturated heterocycles. The monoisotopic (exact) mass is 239 g/mol. The van der Waals surface area contributed by atoms with Crippen molar-refractivity contribution < 1.29 is 19.7 Å². The lowest BCUT2D eigenvalue weighted by Crippen LogP contribution is -2.42. The van der Waals surface area contributed by atoms with Gasteiger partial charge in [-0.2, -0.15) is 0 Å². The SMILES string of the molecule is COC(=O)C(O)(O)CN=C(SC)SC. The van der Waals surface area contributed by atoms with Crippen LogP contribution in [-0.2, 0) is 9.53 Å². The molecule has 5 nitrogen and oxygen atoms in total. The molecule has 0 saturated carbocycles. The van der Waals surface area contributed by atoms with Gasteiger partial charge in [-0.1, -0.05) is 0 Å². The maximum Gasteiger partial charge on any atom is 0.368 e. The molecular weight excluding hydrogens is 226 g/mol. The van der Waals surface area contributed by atoms with Gasteiger partial charge in [0, 0.05) is 0 Å². The molecule has 0 bridgehead atoms. The van der Waals surface area contributed by atoms with Crippen LogP contribution in [0.2, 0.25) is 0 Å². The number of thioether (sulfide) groups is 2. The molecule has 7 heteroatoms. The average Bonchev–Trinajstić information content (AvgIpc) is 2.18. The van der Waals surface area contributed by atoms with E-state index in [4.69, 9.17) is 0 Å². The molecule has 0 aliphatic carbocycles. The Morgan fingerprint density at radius 2 is 1.93 bits per heavy atom. The minimum Gasteiger partial charge on any atom is -0.465 e. The molecule has 0 aromatic carbocycles. The van der Waals surface area contributed by atoms with Crippen molar-refractivity contribution in [3.63, 3.8) is 0 Å². The molecule has 0 aromatic rings. The quantitative estimate of drug-likeness (QED) is 0.310. The summed E-state index contributed by atoms with van der Waals surface area (Å²) < 4.78 is 4.86. The number of methoxy groups -OCH3 is 1. The number of hydrogen-bond donors (Lipinski definition) is 2. The van der Waals surface area contributed by atoms with Crippen molar-refractivity contribution in [2.75, 3.05) is 26.2 Å². The first-order valence-corrected chi connectivity index (χ1v) is 6.08. The van der Waals surface area contributed by atoms with Crippen LogP contribution in [0.4, 0.5) is 0 Å². The molecule has 2 N–H and O–H groups in total. The van der Waals surface area contributed by atoms with Crippen molar-refractivity contribution in [2.45, 2.75) is 5.79 Å². The zero-order chi connectivity index (χ0) is 11.2. The predicted octanol–water partition coefficient (Wildman–Crippen LogP) is -0.0777. The minimum absolute atomic E-state index is 0.420. The van der Waals surface area contributed by atoms with Crippen LogP contribution >= 0.6 is 23.5 Å². The van der Waals surface area contributed by atoms with Crippen LogP contribution in [0.1, 0.15) is 0 Å². The van der Waals surface area contributed by atoms with Gasteiger partial charge in [0.25, 0.3) is 5.79 Å². The first-order chi connectivity index (χ1) is 6.47. The lowest BCUT2D eigenvalue weighted by Gasteiger charge is -2.16. The van der Waals surface area contributed by atoms with Crippen LogP contribution in [0.25, 0.3) is 0 Å². The molecule has 14 heavy (non-hydrogen) atoms. The van der Waals surface area contributed by atoms with Gasteiger partial charge in [-0.05, 0) is 12.5 Å². The lowest BCUT2D eigenvalue weighted by atomic mass is 10.3. The number of aliphatic imine (C=N–C) groups is 1. The van der Waals surface area contributed by atoms with E-state index in [9.17, 15) is 15.0 Å². The fourth-order valence-electron chi connectivity index (χ4n) is 0.615. The summed E-state index contributed by atoms with van der Waals surface area (Å²) in [5.41, 5.74) is 0. The van der Waals surface area contributed by atoms with Gasteiger partial charge in [0.05, 0.1) is 7.11 Å². The van der Waals surface area contributed by atoms with E-state index in [1.165, 1.54) is 23.5 Å². The molecule has 82 valence electrons. The fourth-order valence-corrected chi connectivity index (χ4v) is 1.67. The van der Waals surface area contributed by atoms with Gasteiger partial charge in [0.1, 0.15) is 10.9 Å². The van der Waals surface area contributed by atoms with E-state index in [-0.39, 0.29) is 0 Å². The van der Waals surface area contributed by atoms with E-state index in [1.54, 1.807) is 0 Å². The lowest BCUT2D eigenvalue weighted by molar-refractivity contribution is -0.202. The fraction of sp³-hybridized carbons (Fsp3) is 0.714. The van der Waals surface area contributed by atoms with Gasteiger partial charge in [0.2, 0.25) is 0 Å². The van der Waals surface area contributed by atoms with Crippen LogP contribution < -0.4 is 0 Å². The van der Waals surface area contributed by atoms with E-state index < -0.39 is 18.3 Å². The summed E-state index contributed by atoms with van der Waals surface area (Å²) >= 11 is 2.74. The molecule has 0 spiro atoms. The largest absolute Gasteiger partial charge is 0.465 e. The van der Waals surface area contributed by atoms with Crippen molar-refractivity contribution in [2.24, 2.45) is 4.99 Å². The summed E-state index contributed by atoms with van der Waals surface area (Å²) in [6.07, 6.45) is 3.62. The second kappa shape index (κ2) is 6.28. The van der Waals surface area contributed by atoms with Crippen molar-refractivity contribution >= 4 is 33.9 Å². The number of carbonyl (C=O) groups excluding carboxylic acids is 1. The number of aliphatic hydroxyl groups is 2. The van der Waals surface area contributed by atoms with Crippen molar-refractivity contribution in [1.29, 1.82) is 0 Å². The molecule has 0 radical (unpaired) electrons. The number of ether oxygens (including phenoxy) is 1. The first kappa shape index (κ1) is 13.8. The highest BCUT2D eigenvalue weighted by atomic mass is 32.2. The number of nitrogens with zero attached hydrogens (tertiary/aromatic N) is 1. The summed E-state index contributed by atoms with van der Waals surface area (Å²) in [4.78, 5) is 14.7. The van der Waals surface area contributed by atoms with E-state index in [1.807, 2.05) is 12.5 Å². The second-order valence-corrected chi connectivity index (χ2v) is 4.15. The molecule has 0 rings (SSSR count). The zero-order valence-electron chi connectivity index (χ0n) is 8.18. The highest BCUT2D eigenvalue weighted by molar-refractivity contribution is 8.38. The third-order valence-corrected chi connectivity index (χ3v) is 3.25. The Morgan fingerprint density at radius 1 is 1.43 bits per heavy atom. The van der Waals surface area contributed by atoms with Crippen LogP contribution in [0, 0.1) is 0 Å². The summed E-state index contributed by atoms with van der Waals surface area (Å²) in [5, 5.41) is 18.4. The Kier molecular flexibility index (Phi) is 6.17. The Labute approximate surface area is 90.9 Å². The molecule has 0 unspecified atom stereocenters. The topological polar surface area (TPSA) is 79.1 Å². The second-order valence-electron chi connectivity index (χ2n) is 2.30. The summed E-state index contributed by atoms with van der Waals surface area (Å²) in [7, 11) is 1.08. The molecule has 0 aliphatic heterocycles. The highest BCUT2D eigenvalue weighted by Crippen LogP contribution is 2.12. The normalized spacial score (nSPS) is 10.9. The van der Waals surface area contributed by atoms with Gasteiger partial charge in [-0.15, -0.1) is 23.5 Å². The van der Waals surface area contributed by atoms with Crippen LogP contribution in [0.15, 0.2) is 4.99 Å². The number of esters is 1. The number of hydrogen-bond acceptors (Lipinski definition) is 7. The molecule has 0 aliphatic rings. The van der Waals surface area contributed by atoms with Crippen molar-refractivity contribution in [3.8, 4) is 0 Å². The van der Waals surface area contributed by atoms with Crippen LogP contribution in [-0.4, -0.2) is 52.5 Å².